The molecule has 0 aliphatic rings. The molecule has 174 valence electrons. The molecule has 0 fully saturated rings. The topological polar surface area (TPSA) is 86.8 Å². The first-order chi connectivity index (χ1) is 15.1. The summed E-state index contributed by atoms with van der Waals surface area (Å²) in [6.45, 7) is 5.75. The Morgan fingerprint density at radius 1 is 1.00 bits per heavy atom. The van der Waals surface area contributed by atoms with Crippen LogP contribution in [-0.2, 0) is 26.2 Å². The fourth-order valence-corrected chi connectivity index (χ4v) is 4.36. The summed E-state index contributed by atoms with van der Waals surface area (Å²) in [4.78, 5) is 27.4. The van der Waals surface area contributed by atoms with Crippen molar-refractivity contribution < 1.29 is 18.0 Å². The second-order valence-corrected chi connectivity index (χ2v) is 9.97. The Balaban J connectivity index is 2.39. The number of likely N-dealkylation sites (N-methyl/N-ethyl adjacent to an activating group) is 1. The quantitative estimate of drug-likeness (QED) is 0.591. The van der Waals surface area contributed by atoms with Gasteiger partial charge < -0.3 is 10.2 Å². The van der Waals surface area contributed by atoms with Crippen molar-refractivity contribution in [3.05, 3.63) is 65.7 Å². The Bertz CT molecular complexity index is 1010. The average Bonchev–Trinajstić information content (AvgIpc) is 2.76. The van der Waals surface area contributed by atoms with Gasteiger partial charge in [-0.25, -0.2) is 8.42 Å². The zero-order valence-electron chi connectivity index (χ0n) is 19.4. The van der Waals surface area contributed by atoms with E-state index >= 15 is 0 Å². The maximum absolute atomic E-state index is 13.4. The molecule has 2 aromatic rings. The molecule has 0 heterocycles. The standard InChI is InChI=1S/C24H33N3O4S/c1-6-22(24(29)25-4)26(16-19-10-8-7-9-11-19)23(28)17-27(32(5,30)31)21-14-12-20(13-15-21)18(2)3/h7-15,18,22H,6,16-17H2,1-5H3,(H,25,29)/t22-/m1/s1. The zero-order chi connectivity index (χ0) is 23.9. The summed E-state index contributed by atoms with van der Waals surface area (Å²) in [7, 11) is -2.20. The zero-order valence-corrected chi connectivity index (χ0v) is 20.2. The Morgan fingerprint density at radius 3 is 2.06 bits per heavy atom. The molecule has 1 atom stereocenters. The van der Waals surface area contributed by atoms with Gasteiger partial charge in [-0.3, -0.25) is 13.9 Å². The van der Waals surface area contributed by atoms with Gasteiger partial charge in [0.25, 0.3) is 0 Å². The van der Waals surface area contributed by atoms with Crippen molar-refractivity contribution in [1.82, 2.24) is 10.2 Å². The maximum Gasteiger partial charge on any atom is 0.244 e. The molecule has 0 saturated carbocycles. The summed E-state index contributed by atoms with van der Waals surface area (Å²) in [5.41, 5.74) is 2.35. The number of anilines is 1. The fourth-order valence-electron chi connectivity index (χ4n) is 3.51. The largest absolute Gasteiger partial charge is 0.357 e. The van der Waals surface area contributed by atoms with Crippen molar-refractivity contribution in [3.63, 3.8) is 0 Å². The number of hydrogen-bond donors (Lipinski definition) is 1. The second-order valence-electron chi connectivity index (χ2n) is 8.06. The lowest BCUT2D eigenvalue weighted by Gasteiger charge is -2.32. The van der Waals surface area contributed by atoms with Crippen molar-refractivity contribution in [2.75, 3.05) is 24.2 Å². The van der Waals surface area contributed by atoms with Crippen LogP contribution >= 0.6 is 0 Å². The van der Waals surface area contributed by atoms with Gasteiger partial charge in [-0.15, -0.1) is 0 Å². The van der Waals surface area contributed by atoms with E-state index in [1.807, 2.05) is 49.4 Å². The Kier molecular flexibility index (Phi) is 8.83. The highest BCUT2D eigenvalue weighted by Gasteiger charge is 2.31. The lowest BCUT2D eigenvalue weighted by molar-refractivity contribution is -0.140. The molecule has 32 heavy (non-hydrogen) atoms. The SMILES string of the molecule is CC[C@H](C(=O)NC)N(Cc1ccccc1)C(=O)CN(c1ccc(C(C)C)cc1)S(C)(=O)=O. The first kappa shape index (κ1) is 25.4. The molecule has 0 aromatic heterocycles. The van der Waals surface area contributed by atoms with E-state index < -0.39 is 22.0 Å². The van der Waals surface area contributed by atoms with Crippen LogP contribution in [0.25, 0.3) is 0 Å². The number of sulfonamides is 1. The van der Waals surface area contributed by atoms with Gasteiger partial charge in [-0.2, -0.15) is 0 Å². The van der Waals surface area contributed by atoms with Crippen LogP contribution in [-0.4, -0.2) is 51.0 Å². The molecule has 2 amide bonds. The van der Waals surface area contributed by atoms with Gasteiger partial charge >= 0.3 is 0 Å². The minimum atomic E-state index is -3.73. The number of nitrogens with one attached hydrogen (secondary N) is 1. The molecule has 0 bridgehead atoms. The van der Waals surface area contributed by atoms with Gasteiger partial charge in [0.2, 0.25) is 21.8 Å². The van der Waals surface area contributed by atoms with Crippen LogP contribution < -0.4 is 9.62 Å². The van der Waals surface area contributed by atoms with Gasteiger partial charge in [-0.05, 0) is 35.6 Å². The number of benzene rings is 2. The predicted octanol–water partition coefficient (Wildman–Crippen LogP) is 3.13. The van der Waals surface area contributed by atoms with Crippen molar-refractivity contribution in [2.24, 2.45) is 0 Å². The van der Waals surface area contributed by atoms with E-state index in [9.17, 15) is 18.0 Å². The minimum absolute atomic E-state index is 0.204. The van der Waals surface area contributed by atoms with Crippen LogP contribution in [0, 0.1) is 0 Å². The molecule has 0 spiro atoms. The van der Waals surface area contributed by atoms with E-state index in [2.05, 4.69) is 19.2 Å². The first-order valence-electron chi connectivity index (χ1n) is 10.7. The average molecular weight is 460 g/mol. The highest BCUT2D eigenvalue weighted by Crippen LogP contribution is 2.23. The van der Waals surface area contributed by atoms with Gasteiger partial charge in [-0.1, -0.05) is 63.2 Å². The highest BCUT2D eigenvalue weighted by molar-refractivity contribution is 7.92. The smallest absolute Gasteiger partial charge is 0.244 e. The number of rotatable bonds is 10. The van der Waals surface area contributed by atoms with Crippen LogP contribution in [0.3, 0.4) is 0 Å². The molecular weight excluding hydrogens is 426 g/mol. The molecule has 2 aromatic carbocycles. The van der Waals surface area contributed by atoms with Gasteiger partial charge in [0.05, 0.1) is 11.9 Å². The van der Waals surface area contributed by atoms with Crippen molar-refractivity contribution in [3.8, 4) is 0 Å². The van der Waals surface area contributed by atoms with Crippen LogP contribution in [0.5, 0.6) is 0 Å². The summed E-state index contributed by atoms with van der Waals surface area (Å²) < 4.78 is 26.2. The van der Waals surface area contributed by atoms with Crippen LogP contribution in [0.15, 0.2) is 54.6 Å². The van der Waals surface area contributed by atoms with Crippen molar-refractivity contribution in [2.45, 2.75) is 45.7 Å². The minimum Gasteiger partial charge on any atom is -0.357 e. The van der Waals surface area contributed by atoms with Crippen LogP contribution in [0.2, 0.25) is 0 Å². The number of carbonyl (C=O) groups is 2. The third-order valence-electron chi connectivity index (χ3n) is 5.35. The molecule has 0 unspecified atom stereocenters. The summed E-state index contributed by atoms with van der Waals surface area (Å²) in [5.74, 6) is -0.428. The van der Waals surface area contributed by atoms with Gasteiger partial charge in [0.15, 0.2) is 0 Å². The maximum atomic E-state index is 13.4. The highest BCUT2D eigenvalue weighted by atomic mass is 32.2. The Hall–Kier alpha value is -2.87. The lowest BCUT2D eigenvalue weighted by atomic mass is 10.0. The van der Waals surface area contributed by atoms with E-state index in [-0.39, 0.29) is 19.0 Å². The Morgan fingerprint density at radius 2 is 1.59 bits per heavy atom. The lowest BCUT2D eigenvalue weighted by Crippen LogP contribution is -2.51. The number of carbonyl (C=O) groups excluding carboxylic acids is 2. The molecule has 0 aliphatic carbocycles. The molecule has 0 saturated heterocycles. The van der Waals surface area contributed by atoms with Crippen LogP contribution in [0.1, 0.15) is 44.2 Å². The molecule has 1 N–H and O–H groups in total. The molecular formula is C24H33N3O4S. The van der Waals surface area contributed by atoms with E-state index in [0.29, 0.717) is 18.0 Å². The number of nitrogens with zero attached hydrogens (tertiary/aromatic N) is 2. The van der Waals surface area contributed by atoms with E-state index in [1.165, 1.54) is 11.9 Å². The monoisotopic (exact) mass is 459 g/mol. The molecule has 8 heteroatoms. The fraction of sp³-hybridized carbons (Fsp3) is 0.417. The third kappa shape index (κ3) is 6.56. The number of hydrogen-bond acceptors (Lipinski definition) is 4. The van der Waals surface area contributed by atoms with Gasteiger partial charge in [0.1, 0.15) is 12.6 Å². The van der Waals surface area contributed by atoms with E-state index in [4.69, 9.17) is 0 Å². The summed E-state index contributed by atoms with van der Waals surface area (Å²) in [6.07, 6.45) is 1.48. The molecule has 7 nitrogen and oxygen atoms in total. The van der Waals surface area contributed by atoms with Crippen LogP contribution in [0.4, 0.5) is 5.69 Å². The summed E-state index contributed by atoms with van der Waals surface area (Å²) in [6, 6.07) is 15.8. The number of amides is 2. The molecule has 2 rings (SSSR count). The second kappa shape index (κ2) is 11.1. The normalized spacial score (nSPS) is 12.3. The van der Waals surface area contributed by atoms with E-state index in [0.717, 1.165) is 21.7 Å². The van der Waals surface area contributed by atoms with Gasteiger partial charge in [0, 0.05) is 13.6 Å². The predicted molar refractivity (Wildman–Crippen MR) is 128 cm³/mol. The first-order valence-corrected chi connectivity index (χ1v) is 12.6. The Labute approximate surface area is 191 Å². The summed E-state index contributed by atoms with van der Waals surface area (Å²) in [5, 5.41) is 2.60. The van der Waals surface area contributed by atoms with E-state index in [1.54, 1.807) is 12.1 Å². The molecule has 0 radical (unpaired) electrons. The van der Waals surface area contributed by atoms with Crippen molar-refractivity contribution >= 4 is 27.5 Å². The molecule has 0 aliphatic heterocycles. The summed E-state index contributed by atoms with van der Waals surface area (Å²) >= 11 is 0. The van der Waals surface area contributed by atoms with Crippen molar-refractivity contribution in [1.29, 1.82) is 0 Å². The third-order valence-corrected chi connectivity index (χ3v) is 6.50.